The van der Waals surface area contributed by atoms with Crippen LogP contribution in [0.25, 0.3) is 0 Å². The SMILES string of the molecule is C=C(C)CNC(=O)[C@H]1N(C(=O)[C@@H](O)[C@H](Cc2ccccc2)NC(=O)OC(C)(C)C)CSC1(C)C. The maximum Gasteiger partial charge on any atom is 0.407 e. The lowest BCUT2D eigenvalue weighted by Crippen LogP contribution is -2.59. The fourth-order valence-corrected chi connectivity index (χ4v) is 4.80. The highest BCUT2D eigenvalue weighted by molar-refractivity contribution is 8.00. The van der Waals surface area contributed by atoms with E-state index in [0.29, 0.717) is 6.54 Å². The molecular weight excluding hydrogens is 454 g/mol. The summed E-state index contributed by atoms with van der Waals surface area (Å²) >= 11 is 1.46. The van der Waals surface area contributed by atoms with Crippen molar-refractivity contribution in [2.75, 3.05) is 12.4 Å². The predicted octanol–water partition coefficient (Wildman–Crippen LogP) is 2.86. The Hall–Kier alpha value is -2.52. The molecule has 3 N–H and O–H groups in total. The highest BCUT2D eigenvalue weighted by Gasteiger charge is 2.49. The second kappa shape index (κ2) is 11.3. The number of aliphatic hydroxyl groups excluding tert-OH is 1. The highest BCUT2D eigenvalue weighted by Crippen LogP contribution is 2.39. The number of aliphatic hydroxyl groups is 1. The van der Waals surface area contributed by atoms with Crippen LogP contribution in [0.5, 0.6) is 0 Å². The molecule has 188 valence electrons. The van der Waals surface area contributed by atoms with Crippen LogP contribution in [0.1, 0.15) is 47.1 Å². The molecule has 0 bridgehead atoms. The molecule has 1 fully saturated rings. The zero-order chi connectivity index (χ0) is 25.7. The average molecular weight is 492 g/mol. The summed E-state index contributed by atoms with van der Waals surface area (Å²) in [6.45, 7) is 14.9. The number of amides is 3. The third-order valence-electron chi connectivity index (χ3n) is 5.28. The topological polar surface area (TPSA) is 108 Å². The number of alkyl carbamates (subject to hydrolysis) is 1. The molecule has 1 saturated heterocycles. The van der Waals surface area contributed by atoms with Crippen LogP contribution in [-0.2, 0) is 20.7 Å². The number of hydrogen-bond acceptors (Lipinski definition) is 6. The molecule has 34 heavy (non-hydrogen) atoms. The minimum Gasteiger partial charge on any atom is -0.444 e. The van der Waals surface area contributed by atoms with Crippen molar-refractivity contribution in [2.24, 2.45) is 0 Å². The Bertz CT molecular complexity index is 898. The number of hydrogen-bond donors (Lipinski definition) is 3. The van der Waals surface area contributed by atoms with Gasteiger partial charge in [-0.2, -0.15) is 0 Å². The number of ether oxygens (including phenoxy) is 1. The molecule has 0 saturated carbocycles. The molecule has 1 aliphatic heterocycles. The first kappa shape index (κ1) is 27.7. The van der Waals surface area contributed by atoms with E-state index in [-0.39, 0.29) is 18.2 Å². The quantitative estimate of drug-likeness (QED) is 0.483. The molecule has 0 aliphatic carbocycles. The molecule has 0 aromatic heterocycles. The normalized spacial score (nSPS) is 19.1. The maximum absolute atomic E-state index is 13.5. The van der Waals surface area contributed by atoms with Gasteiger partial charge in [-0.25, -0.2) is 4.79 Å². The summed E-state index contributed by atoms with van der Waals surface area (Å²) in [5.74, 6) is -0.678. The summed E-state index contributed by atoms with van der Waals surface area (Å²) in [4.78, 5) is 40.3. The van der Waals surface area contributed by atoms with Crippen LogP contribution in [0.15, 0.2) is 42.5 Å². The molecule has 0 unspecified atom stereocenters. The van der Waals surface area contributed by atoms with Crippen LogP contribution >= 0.6 is 11.8 Å². The molecule has 1 aliphatic rings. The summed E-state index contributed by atoms with van der Waals surface area (Å²) in [5, 5.41) is 16.6. The van der Waals surface area contributed by atoms with E-state index in [1.165, 1.54) is 16.7 Å². The molecule has 8 nitrogen and oxygen atoms in total. The van der Waals surface area contributed by atoms with E-state index in [4.69, 9.17) is 4.74 Å². The molecule has 2 rings (SSSR count). The first-order valence-electron chi connectivity index (χ1n) is 11.3. The Morgan fingerprint density at radius 2 is 1.88 bits per heavy atom. The molecule has 1 aromatic carbocycles. The first-order valence-corrected chi connectivity index (χ1v) is 12.3. The second-order valence-electron chi connectivity index (χ2n) is 10.1. The second-order valence-corrected chi connectivity index (χ2v) is 11.7. The number of nitrogens with one attached hydrogen (secondary N) is 2. The van der Waals surface area contributed by atoms with Crippen molar-refractivity contribution in [1.82, 2.24) is 15.5 Å². The maximum atomic E-state index is 13.5. The molecule has 1 heterocycles. The summed E-state index contributed by atoms with van der Waals surface area (Å²) in [6, 6.07) is 7.52. The number of thioether (sulfide) groups is 1. The van der Waals surface area contributed by atoms with E-state index in [9.17, 15) is 19.5 Å². The standard InChI is InChI=1S/C25H37N3O5S/c1-16(2)14-26-21(30)20-25(6,7)34-15-28(20)22(31)19(29)18(13-17-11-9-8-10-12-17)27-23(32)33-24(3,4)5/h8-12,18-20,29H,1,13-15H2,2-7H3,(H,26,30)(H,27,32)/t18-,19-,20+/m0/s1. The summed E-state index contributed by atoms with van der Waals surface area (Å²) < 4.78 is 4.79. The van der Waals surface area contributed by atoms with Crippen molar-refractivity contribution in [3.8, 4) is 0 Å². The Kier molecular flexibility index (Phi) is 9.19. The van der Waals surface area contributed by atoms with Gasteiger partial charge in [0.25, 0.3) is 5.91 Å². The van der Waals surface area contributed by atoms with Gasteiger partial charge in [-0.05, 0) is 53.5 Å². The lowest BCUT2D eigenvalue weighted by Gasteiger charge is -2.33. The molecule has 3 atom stereocenters. The van der Waals surface area contributed by atoms with Gasteiger partial charge in [0.1, 0.15) is 11.6 Å². The Morgan fingerprint density at radius 3 is 2.44 bits per heavy atom. The largest absolute Gasteiger partial charge is 0.444 e. The van der Waals surface area contributed by atoms with E-state index in [0.717, 1.165) is 11.1 Å². The van der Waals surface area contributed by atoms with Crippen LogP contribution in [0.4, 0.5) is 4.79 Å². The fourth-order valence-electron chi connectivity index (χ4n) is 3.66. The van der Waals surface area contributed by atoms with Crippen molar-refractivity contribution in [2.45, 2.75) is 76.5 Å². The van der Waals surface area contributed by atoms with Crippen LogP contribution in [0.2, 0.25) is 0 Å². The first-order chi connectivity index (χ1) is 15.7. The van der Waals surface area contributed by atoms with Crippen molar-refractivity contribution >= 4 is 29.7 Å². The Balaban J connectivity index is 2.26. The van der Waals surface area contributed by atoms with Crippen molar-refractivity contribution in [3.63, 3.8) is 0 Å². The van der Waals surface area contributed by atoms with Crippen LogP contribution < -0.4 is 10.6 Å². The minimum atomic E-state index is -1.57. The van der Waals surface area contributed by atoms with Gasteiger partial charge in [-0.1, -0.05) is 42.5 Å². The zero-order valence-corrected chi connectivity index (χ0v) is 21.7. The van der Waals surface area contributed by atoms with Crippen molar-refractivity contribution in [1.29, 1.82) is 0 Å². The van der Waals surface area contributed by atoms with Crippen LogP contribution in [0, 0.1) is 0 Å². The van der Waals surface area contributed by atoms with E-state index in [1.54, 1.807) is 27.7 Å². The molecule has 0 spiro atoms. The fraction of sp³-hybridized carbons (Fsp3) is 0.560. The van der Waals surface area contributed by atoms with E-state index < -0.39 is 40.5 Å². The summed E-state index contributed by atoms with van der Waals surface area (Å²) in [7, 11) is 0. The van der Waals surface area contributed by atoms with Gasteiger partial charge in [-0.15, -0.1) is 11.8 Å². The van der Waals surface area contributed by atoms with Gasteiger partial charge >= 0.3 is 6.09 Å². The van der Waals surface area contributed by atoms with E-state index in [1.807, 2.05) is 44.2 Å². The molecule has 9 heteroatoms. The highest BCUT2D eigenvalue weighted by atomic mass is 32.2. The number of rotatable bonds is 8. The Morgan fingerprint density at radius 1 is 1.26 bits per heavy atom. The summed E-state index contributed by atoms with van der Waals surface area (Å²) in [5.41, 5.74) is 0.889. The molecule has 1 aromatic rings. The van der Waals surface area contributed by atoms with Crippen LogP contribution in [0.3, 0.4) is 0 Å². The van der Waals surface area contributed by atoms with Gasteiger partial charge < -0.3 is 25.4 Å². The smallest absolute Gasteiger partial charge is 0.407 e. The lowest BCUT2D eigenvalue weighted by atomic mass is 9.97. The number of nitrogens with zero attached hydrogens (tertiary/aromatic N) is 1. The third-order valence-corrected chi connectivity index (χ3v) is 6.65. The number of carbonyl (C=O) groups excluding carboxylic acids is 3. The number of benzene rings is 1. The van der Waals surface area contributed by atoms with Crippen molar-refractivity contribution in [3.05, 3.63) is 48.0 Å². The van der Waals surface area contributed by atoms with Gasteiger partial charge in [0.2, 0.25) is 5.91 Å². The average Bonchev–Trinajstić information content (AvgIpc) is 3.04. The van der Waals surface area contributed by atoms with Gasteiger partial charge in [0, 0.05) is 11.3 Å². The molecule has 3 amide bonds. The number of carbonyl (C=O) groups is 3. The van der Waals surface area contributed by atoms with E-state index >= 15 is 0 Å². The van der Waals surface area contributed by atoms with Gasteiger partial charge in [0.15, 0.2) is 6.10 Å². The van der Waals surface area contributed by atoms with Gasteiger partial charge in [0.05, 0.1) is 11.9 Å². The predicted molar refractivity (Wildman–Crippen MR) is 134 cm³/mol. The van der Waals surface area contributed by atoms with Gasteiger partial charge in [-0.3, -0.25) is 9.59 Å². The Labute approximate surface area is 206 Å². The third kappa shape index (κ3) is 7.77. The van der Waals surface area contributed by atoms with Crippen LogP contribution in [-0.4, -0.2) is 68.9 Å². The zero-order valence-electron chi connectivity index (χ0n) is 20.9. The lowest BCUT2D eigenvalue weighted by molar-refractivity contribution is -0.147. The minimum absolute atomic E-state index is 0.212. The summed E-state index contributed by atoms with van der Waals surface area (Å²) in [6.07, 6.45) is -2.09. The molecule has 0 radical (unpaired) electrons. The monoisotopic (exact) mass is 491 g/mol. The van der Waals surface area contributed by atoms with E-state index in [2.05, 4.69) is 17.2 Å². The van der Waals surface area contributed by atoms with Crippen molar-refractivity contribution < 1.29 is 24.2 Å². The molecular formula is C25H37N3O5S.